The van der Waals surface area contributed by atoms with Crippen molar-refractivity contribution in [2.75, 3.05) is 0 Å². The first-order valence-corrected chi connectivity index (χ1v) is 6.52. The smallest absolute Gasteiger partial charge is 0.0221 e. The van der Waals surface area contributed by atoms with Crippen molar-refractivity contribution in [2.45, 2.75) is 65.0 Å². The van der Waals surface area contributed by atoms with Crippen molar-refractivity contribution in [1.29, 1.82) is 0 Å². The van der Waals surface area contributed by atoms with E-state index >= 15 is 0 Å². The van der Waals surface area contributed by atoms with Gasteiger partial charge in [0.2, 0.25) is 0 Å². The largest absolute Gasteiger partial charge is 0.308 e. The van der Waals surface area contributed by atoms with Crippen molar-refractivity contribution in [3.63, 3.8) is 0 Å². The van der Waals surface area contributed by atoms with Crippen LogP contribution >= 0.6 is 0 Å². The Hall–Kier alpha value is -0.300. The molecule has 0 heterocycles. The molecule has 0 aromatic heterocycles. The average Bonchev–Trinajstić information content (AvgIpc) is 2.43. The van der Waals surface area contributed by atoms with Gasteiger partial charge < -0.3 is 5.32 Å². The Bertz CT molecular complexity index is 186. The highest BCUT2D eigenvalue weighted by Gasteiger charge is 2.21. The quantitative estimate of drug-likeness (QED) is 0.549. The minimum Gasteiger partial charge on any atom is -0.308 e. The van der Waals surface area contributed by atoms with Crippen molar-refractivity contribution in [3.8, 4) is 0 Å². The van der Waals surface area contributed by atoms with E-state index in [9.17, 15) is 0 Å². The van der Waals surface area contributed by atoms with Crippen molar-refractivity contribution >= 4 is 0 Å². The molecular weight excluding hydrogens is 182 g/mol. The van der Waals surface area contributed by atoms with Crippen LogP contribution in [0.15, 0.2) is 12.7 Å². The molecule has 1 rings (SSSR count). The zero-order chi connectivity index (χ0) is 11.3. The molecule has 1 fully saturated rings. The number of hydrogen-bond donors (Lipinski definition) is 1. The summed E-state index contributed by atoms with van der Waals surface area (Å²) in [5.74, 6) is 1.82. The van der Waals surface area contributed by atoms with Crippen LogP contribution in [0.1, 0.15) is 52.9 Å². The maximum absolute atomic E-state index is 3.83. The van der Waals surface area contributed by atoms with Crippen LogP contribution in [0.25, 0.3) is 0 Å². The summed E-state index contributed by atoms with van der Waals surface area (Å²) in [5, 5.41) is 3.65. The van der Waals surface area contributed by atoms with Crippen LogP contribution in [0, 0.1) is 11.8 Å². The van der Waals surface area contributed by atoms with Gasteiger partial charge in [-0.15, -0.1) is 6.58 Å². The van der Waals surface area contributed by atoms with Crippen LogP contribution in [0.5, 0.6) is 0 Å². The summed E-state index contributed by atoms with van der Waals surface area (Å²) in [7, 11) is 0. The van der Waals surface area contributed by atoms with Gasteiger partial charge in [0.25, 0.3) is 0 Å². The van der Waals surface area contributed by atoms with Crippen molar-refractivity contribution in [3.05, 3.63) is 12.7 Å². The Kier molecular flexibility index (Phi) is 5.38. The van der Waals surface area contributed by atoms with E-state index in [2.05, 4.69) is 32.7 Å². The monoisotopic (exact) mass is 209 g/mol. The van der Waals surface area contributed by atoms with Gasteiger partial charge in [-0.05, 0) is 38.0 Å². The lowest BCUT2D eigenvalue weighted by atomic mass is 9.89. The van der Waals surface area contributed by atoms with Crippen LogP contribution in [-0.4, -0.2) is 12.1 Å². The lowest BCUT2D eigenvalue weighted by molar-refractivity contribution is 0.337. The topological polar surface area (TPSA) is 12.0 Å². The minimum atomic E-state index is 0.464. The molecule has 1 N–H and O–H groups in total. The average molecular weight is 209 g/mol. The van der Waals surface area contributed by atoms with Crippen LogP contribution in [0.3, 0.4) is 0 Å². The van der Waals surface area contributed by atoms with Crippen molar-refractivity contribution in [2.24, 2.45) is 11.8 Å². The van der Waals surface area contributed by atoms with E-state index in [4.69, 9.17) is 0 Å². The molecule has 0 aromatic carbocycles. The van der Waals surface area contributed by atoms with Gasteiger partial charge in [-0.2, -0.15) is 0 Å². The van der Waals surface area contributed by atoms with E-state index in [1.807, 2.05) is 6.08 Å². The van der Waals surface area contributed by atoms with E-state index in [0.29, 0.717) is 6.04 Å². The molecule has 1 saturated carbocycles. The summed E-state index contributed by atoms with van der Waals surface area (Å²) in [6, 6.07) is 1.19. The summed E-state index contributed by atoms with van der Waals surface area (Å²) >= 11 is 0. The molecule has 1 heteroatoms. The fraction of sp³-hybridized carbons (Fsp3) is 0.857. The highest BCUT2D eigenvalue weighted by molar-refractivity contribution is 4.86. The molecule has 3 atom stereocenters. The maximum atomic E-state index is 3.83. The fourth-order valence-corrected chi connectivity index (χ4v) is 2.60. The lowest BCUT2D eigenvalue weighted by Gasteiger charge is -2.21. The Balaban J connectivity index is 2.35. The fourth-order valence-electron chi connectivity index (χ4n) is 2.60. The molecular formula is C14H27N. The van der Waals surface area contributed by atoms with E-state index in [-0.39, 0.29) is 0 Å². The molecule has 1 nitrogen and oxygen atoms in total. The third kappa shape index (κ3) is 4.38. The van der Waals surface area contributed by atoms with Crippen LogP contribution < -0.4 is 5.32 Å². The molecule has 0 aromatic rings. The maximum Gasteiger partial charge on any atom is 0.0221 e. The third-order valence-electron chi connectivity index (χ3n) is 3.81. The van der Waals surface area contributed by atoms with E-state index in [0.717, 1.165) is 17.9 Å². The first-order valence-electron chi connectivity index (χ1n) is 6.52. The molecule has 0 bridgehead atoms. The molecule has 3 unspecified atom stereocenters. The van der Waals surface area contributed by atoms with Crippen molar-refractivity contribution < 1.29 is 0 Å². The second-order valence-electron chi connectivity index (χ2n) is 5.40. The predicted octanol–water partition coefficient (Wildman–Crippen LogP) is 3.76. The van der Waals surface area contributed by atoms with E-state index in [1.165, 1.54) is 32.1 Å². The zero-order valence-corrected chi connectivity index (χ0v) is 10.6. The summed E-state index contributed by atoms with van der Waals surface area (Å²) in [6.07, 6.45) is 8.93. The van der Waals surface area contributed by atoms with Gasteiger partial charge in [0.15, 0.2) is 0 Å². The molecule has 1 aliphatic carbocycles. The Labute approximate surface area is 95.3 Å². The molecule has 0 amide bonds. The highest BCUT2D eigenvalue weighted by atomic mass is 14.9. The molecule has 0 radical (unpaired) electrons. The Morgan fingerprint density at radius 1 is 1.13 bits per heavy atom. The van der Waals surface area contributed by atoms with E-state index < -0.39 is 0 Å². The second kappa shape index (κ2) is 6.32. The van der Waals surface area contributed by atoms with Gasteiger partial charge in [-0.1, -0.05) is 32.8 Å². The summed E-state index contributed by atoms with van der Waals surface area (Å²) < 4.78 is 0. The summed E-state index contributed by atoms with van der Waals surface area (Å²) in [4.78, 5) is 0. The molecule has 15 heavy (non-hydrogen) atoms. The molecule has 88 valence electrons. The van der Waals surface area contributed by atoms with E-state index in [1.54, 1.807) is 0 Å². The standard InChI is InChI=1S/C14H27N/c1-5-12(4)15-14-8-6-7-13(9-10-14)11(2)3/h5,11-15H,1,6-10H2,2-4H3. The summed E-state index contributed by atoms with van der Waals surface area (Å²) in [5.41, 5.74) is 0. The minimum absolute atomic E-state index is 0.464. The van der Waals surface area contributed by atoms with Gasteiger partial charge in [-0.25, -0.2) is 0 Å². The molecule has 0 aliphatic heterocycles. The van der Waals surface area contributed by atoms with Gasteiger partial charge in [0.05, 0.1) is 0 Å². The lowest BCUT2D eigenvalue weighted by Crippen LogP contribution is -2.34. The second-order valence-corrected chi connectivity index (χ2v) is 5.40. The van der Waals surface area contributed by atoms with Gasteiger partial charge in [-0.3, -0.25) is 0 Å². The van der Waals surface area contributed by atoms with Gasteiger partial charge in [0, 0.05) is 12.1 Å². The van der Waals surface area contributed by atoms with Crippen LogP contribution in [0.2, 0.25) is 0 Å². The third-order valence-corrected chi connectivity index (χ3v) is 3.81. The zero-order valence-electron chi connectivity index (χ0n) is 10.6. The predicted molar refractivity (Wildman–Crippen MR) is 68.0 cm³/mol. The molecule has 1 aliphatic rings. The molecule has 0 spiro atoms. The number of nitrogens with one attached hydrogen (secondary N) is 1. The van der Waals surface area contributed by atoms with Gasteiger partial charge >= 0.3 is 0 Å². The Morgan fingerprint density at radius 3 is 2.47 bits per heavy atom. The summed E-state index contributed by atoms with van der Waals surface area (Å²) in [6.45, 7) is 10.8. The van der Waals surface area contributed by atoms with Crippen LogP contribution in [0.4, 0.5) is 0 Å². The highest BCUT2D eigenvalue weighted by Crippen LogP contribution is 2.28. The Morgan fingerprint density at radius 2 is 1.87 bits per heavy atom. The van der Waals surface area contributed by atoms with Crippen molar-refractivity contribution in [1.82, 2.24) is 5.32 Å². The number of hydrogen-bond acceptors (Lipinski definition) is 1. The first-order chi connectivity index (χ1) is 7.13. The SMILES string of the molecule is C=CC(C)NC1CCCC(C(C)C)CC1. The number of rotatable bonds is 4. The van der Waals surface area contributed by atoms with Gasteiger partial charge in [0.1, 0.15) is 0 Å². The first kappa shape index (κ1) is 12.8. The normalized spacial score (nSPS) is 29.9. The molecule has 0 saturated heterocycles. The van der Waals surface area contributed by atoms with Crippen LogP contribution in [-0.2, 0) is 0 Å².